The number of halogens is 2. The Morgan fingerprint density at radius 3 is 2.50 bits per heavy atom. The van der Waals surface area contributed by atoms with Gasteiger partial charge in [-0.25, -0.2) is 9.59 Å². The maximum atomic E-state index is 14.3. The molecule has 0 aromatic heterocycles. The molecule has 3 saturated heterocycles. The fraction of sp³-hybridized carbons (Fsp3) is 0.538. The Morgan fingerprint density at radius 1 is 1.07 bits per heavy atom. The summed E-state index contributed by atoms with van der Waals surface area (Å²) in [4.78, 5) is 82.9. The zero-order valence-corrected chi connectivity index (χ0v) is 44.8. The number of rotatable bonds is 15. The van der Waals surface area contributed by atoms with Crippen molar-refractivity contribution in [3.63, 3.8) is 0 Å². The number of carbonyl (C=O) groups is 6. The summed E-state index contributed by atoms with van der Waals surface area (Å²) in [6.07, 6.45) is 7.07. The standard InChI is InChI=1S/C52H66Cl2N5O12.Al/c1-9-11-17-33(10-2)35-27-45(62)59(48(35)63)22-14-12-13-19-43(60)55-34-20-21-37(36(53)26-34)56-49(64)70-42-28-44(61)58(6)38-24-32(25-39(67-7)46(38)54)23-30(3)16-15-18-41(68-8)52(66)29-40(69-50(65)57-52)31(4)47-51(42,5)71-47;/h9,11,15-16,18,20-21,24-26,31,35,40-42,47,66H,10,12-14,17,19,22-23,27-29H2,1-8H3,(H,55,60)(H,56,64)(H,57,65);/b11-9-,18-15+,30-16+;/t31-,35?,40+,41-,42+,47+,51+,52+;/m1./s1. The molecule has 4 aliphatic heterocycles. The first kappa shape index (κ1) is 56.4. The summed E-state index contributed by atoms with van der Waals surface area (Å²) >= 11 is 16.3. The number of alkyl carbamates (subject to hydrolysis) is 1. The van der Waals surface area contributed by atoms with Crippen LogP contribution in [0.4, 0.5) is 26.7 Å². The Balaban J connectivity index is 1.12. The molecule has 2 aromatic carbocycles. The maximum Gasteiger partial charge on any atom is 0.412 e. The molecule has 388 valence electrons. The number of nitrogens with one attached hydrogen (secondary N) is 3. The van der Waals surface area contributed by atoms with Gasteiger partial charge in [0.15, 0.2) is 5.72 Å². The van der Waals surface area contributed by atoms with Gasteiger partial charge in [0, 0.05) is 57.5 Å². The maximum absolute atomic E-state index is 14.3. The molecule has 17 nitrogen and oxygen atoms in total. The highest BCUT2D eigenvalue weighted by Crippen LogP contribution is 2.50. The lowest BCUT2D eigenvalue weighted by molar-refractivity contribution is -0.142. The Hall–Kier alpha value is -4.93. The van der Waals surface area contributed by atoms with Crippen LogP contribution in [0.5, 0.6) is 5.75 Å². The molecule has 4 heterocycles. The second kappa shape index (κ2) is 24.0. The van der Waals surface area contributed by atoms with Crippen LogP contribution in [0.1, 0.15) is 98.0 Å². The normalized spacial score (nSPS) is 28.8. The summed E-state index contributed by atoms with van der Waals surface area (Å²) in [6.45, 7) is 9.64. The number of imide groups is 1. The minimum Gasteiger partial charge on any atom is -0.495 e. The van der Waals surface area contributed by atoms with E-state index in [4.69, 9.17) is 46.9 Å². The van der Waals surface area contributed by atoms with Crippen molar-refractivity contribution in [2.45, 2.75) is 139 Å². The predicted molar refractivity (Wildman–Crippen MR) is 274 cm³/mol. The van der Waals surface area contributed by atoms with Crippen molar-refractivity contribution in [3.8, 4) is 5.75 Å². The molecule has 2 radical (unpaired) electrons. The van der Waals surface area contributed by atoms with E-state index in [2.05, 4.69) is 32.2 Å². The zero-order chi connectivity index (χ0) is 52.7. The minimum absolute atomic E-state index is 0.0842. The molecule has 9 atom stereocenters. The molecule has 0 aliphatic carbocycles. The highest BCUT2D eigenvalue weighted by Gasteiger charge is 2.64. The van der Waals surface area contributed by atoms with Gasteiger partial charge in [-0.05, 0) is 82.3 Å². The lowest BCUT2D eigenvalue weighted by Crippen LogP contribution is -2.63. The number of nitrogens with zero attached hydrogens (tertiary/aromatic N) is 2. The molecule has 2 aromatic rings. The average Bonchev–Trinajstić information content (AvgIpc) is 3.95. The van der Waals surface area contributed by atoms with Gasteiger partial charge in [-0.3, -0.25) is 34.7 Å². The number of ether oxygens (including phenoxy) is 5. The number of amides is 6. The monoisotopic (exact) mass is 1050 g/mol. The lowest BCUT2D eigenvalue weighted by Gasteiger charge is -2.42. The number of benzene rings is 2. The van der Waals surface area contributed by atoms with E-state index in [9.17, 15) is 33.9 Å². The van der Waals surface area contributed by atoms with Crippen molar-refractivity contribution in [3.05, 3.63) is 81.9 Å². The summed E-state index contributed by atoms with van der Waals surface area (Å²) in [5.74, 6) is -1.66. The first-order valence-corrected chi connectivity index (χ1v) is 25.6. The number of aliphatic hydroxyl groups is 1. The molecule has 4 N–H and O–H groups in total. The Bertz CT molecular complexity index is 2490. The average molecular weight is 1050 g/mol. The van der Waals surface area contributed by atoms with Crippen molar-refractivity contribution in [1.29, 1.82) is 0 Å². The van der Waals surface area contributed by atoms with Crippen LogP contribution in [-0.2, 0) is 44.5 Å². The quantitative estimate of drug-likeness (QED) is 0.0434. The van der Waals surface area contributed by atoms with Gasteiger partial charge < -0.3 is 39.0 Å². The molecular weight excluding hydrogens is 984 g/mol. The number of hydrogen-bond acceptors (Lipinski definition) is 12. The summed E-state index contributed by atoms with van der Waals surface area (Å²) in [5.41, 5.74) is -0.582. The first-order chi connectivity index (χ1) is 34.1. The van der Waals surface area contributed by atoms with Crippen LogP contribution in [0, 0.1) is 11.8 Å². The van der Waals surface area contributed by atoms with E-state index in [-0.39, 0.29) is 69.3 Å². The molecule has 3 fully saturated rings. The first-order valence-electron chi connectivity index (χ1n) is 24.3. The van der Waals surface area contributed by atoms with Crippen molar-refractivity contribution >= 4 is 92.4 Å². The van der Waals surface area contributed by atoms with E-state index in [0.29, 0.717) is 55.8 Å². The fourth-order valence-corrected chi connectivity index (χ4v) is 10.7. The molecular formula is C52H66AlCl2N5O12. The van der Waals surface area contributed by atoms with E-state index < -0.39 is 59.8 Å². The number of fused-ring (bicyclic) bond motifs is 5. The summed E-state index contributed by atoms with van der Waals surface area (Å²) in [5, 5.41) is 20.1. The van der Waals surface area contributed by atoms with E-state index in [1.54, 1.807) is 51.2 Å². The van der Waals surface area contributed by atoms with E-state index in [1.165, 1.54) is 36.2 Å². The summed E-state index contributed by atoms with van der Waals surface area (Å²) in [7, 11) is 4.45. The summed E-state index contributed by atoms with van der Waals surface area (Å²) in [6, 6.07) is 8.09. The van der Waals surface area contributed by atoms with Gasteiger partial charge in [-0.15, -0.1) is 0 Å². The molecule has 6 amide bonds. The zero-order valence-electron chi connectivity index (χ0n) is 42.2. The van der Waals surface area contributed by atoms with Crippen LogP contribution in [0.15, 0.2) is 66.3 Å². The molecule has 72 heavy (non-hydrogen) atoms. The molecule has 6 rings (SSSR count). The number of unbranched alkanes of at least 4 members (excludes halogenated alkanes) is 2. The number of likely N-dealkylation sites (tertiary alicyclic amines) is 1. The van der Waals surface area contributed by atoms with Crippen LogP contribution in [-0.4, -0.2) is 126 Å². The third-order valence-corrected chi connectivity index (χ3v) is 16.0. The highest BCUT2D eigenvalue weighted by atomic mass is 35.5. The van der Waals surface area contributed by atoms with Gasteiger partial charge in [0.2, 0.25) is 23.6 Å². The van der Waals surface area contributed by atoms with Crippen LogP contribution in [0.2, 0.25) is 14.3 Å². The minimum atomic E-state index is -1.87. The van der Waals surface area contributed by atoms with Crippen LogP contribution in [0.25, 0.3) is 0 Å². The number of allylic oxidation sites excluding steroid dienone is 5. The molecule has 0 saturated carbocycles. The van der Waals surface area contributed by atoms with E-state index in [1.807, 2.05) is 39.0 Å². The van der Waals surface area contributed by atoms with Crippen molar-refractivity contribution in [2.24, 2.45) is 11.8 Å². The number of anilines is 3. The van der Waals surface area contributed by atoms with E-state index in [0.717, 1.165) is 17.6 Å². The van der Waals surface area contributed by atoms with Crippen molar-refractivity contribution in [1.82, 2.24) is 10.2 Å². The number of hydrogen-bond donors (Lipinski definition) is 4. The highest BCUT2D eigenvalue weighted by molar-refractivity contribution is 6.35. The second-order valence-electron chi connectivity index (χ2n) is 19.4. The summed E-state index contributed by atoms with van der Waals surface area (Å²) < 4.78 is 28.9. The largest absolute Gasteiger partial charge is 0.495 e. The fourth-order valence-electron chi connectivity index (χ4n) is 9.76. The Morgan fingerprint density at radius 2 is 1.82 bits per heavy atom. The third-order valence-electron chi connectivity index (χ3n) is 14.3. The molecule has 2 unspecified atom stereocenters. The molecule has 0 spiro atoms. The van der Waals surface area contributed by atoms with Gasteiger partial charge in [-0.1, -0.05) is 90.1 Å². The molecule has 4 bridgehead atoms. The van der Waals surface area contributed by atoms with Crippen LogP contribution < -0.4 is 25.6 Å². The third kappa shape index (κ3) is 13.1. The topological polar surface area (TPSA) is 215 Å². The van der Waals surface area contributed by atoms with Crippen LogP contribution in [0.3, 0.4) is 0 Å². The predicted octanol–water partition coefficient (Wildman–Crippen LogP) is 8.60. The number of carbonyl (C=O) groups excluding carboxylic acids is 6. The van der Waals surface area contributed by atoms with Gasteiger partial charge >= 0.3 is 12.2 Å². The number of epoxide rings is 1. The number of methoxy groups -OCH3 is 2. The van der Waals surface area contributed by atoms with Gasteiger partial charge in [0.25, 0.3) is 0 Å². The smallest absolute Gasteiger partial charge is 0.412 e. The Labute approximate surface area is 439 Å². The SMILES string of the molecule is C/C=C\C[C]([Al])(CC)C1CC(=O)N(CCCCCC(=O)Nc2ccc(NC(=O)O[C@H]3CC(=O)N(C)c4cc(cc(OC)c4Cl)C/C(C)=C/C=C/[C@@H](OC)[C@@]4(O)C[C@H](OC(=O)N4)[C@@H](C)[C@@H]4O[C@@]34C)c(Cl)c2)C1=O. The van der Waals surface area contributed by atoms with Gasteiger partial charge in [0.1, 0.15) is 51.0 Å². The molecule has 20 heteroatoms. The van der Waals surface area contributed by atoms with Gasteiger partial charge in [-0.2, -0.15) is 0 Å². The van der Waals surface area contributed by atoms with Gasteiger partial charge in [0.05, 0.1) is 36.0 Å². The van der Waals surface area contributed by atoms with Crippen molar-refractivity contribution < 1.29 is 57.6 Å². The Kier molecular flexibility index (Phi) is 18.8. The lowest BCUT2D eigenvalue weighted by atomic mass is 9.83. The van der Waals surface area contributed by atoms with Crippen molar-refractivity contribution in [2.75, 3.05) is 43.3 Å². The molecule has 4 aliphatic rings. The van der Waals surface area contributed by atoms with Crippen LogP contribution >= 0.6 is 23.2 Å². The van der Waals surface area contributed by atoms with E-state index >= 15 is 0 Å². The second-order valence-corrected chi connectivity index (χ2v) is 21.3.